The van der Waals surface area contributed by atoms with Gasteiger partial charge in [0.15, 0.2) is 0 Å². The Morgan fingerprint density at radius 3 is 1.80 bits per heavy atom. The summed E-state index contributed by atoms with van der Waals surface area (Å²) < 4.78 is 1.09. The lowest BCUT2D eigenvalue weighted by atomic mass is 10.4. The molecule has 15 heavy (non-hydrogen) atoms. The van der Waals surface area contributed by atoms with Crippen LogP contribution in [0.2, 0.25) is 0 Å². The summed E-state index contributed by atoms with van der Waals surface area (Å²) in [5, 5.41) is 0. The Hall–Kier alpha value is -0.0900. The van der Waals surface area contributed by atoms with Crippen molar-refractivity contribution >= 4 is 70.2 Å². The van der Waals surface area contributed by atoms with Gasteiger partial charge in [0.05, 0.1) is 8.42 Å². The topological polar surface area (TPSA) is 86.2 Å². The van der Waals surface area contributed by atoms with E-state index >= 15 is 0 Å². The number of amides is 2. The smallest absolute Gasteiger partial charge is 0.254 e. The minimum Gasteiger partial charge on any atom is -0.367 e. The second-order valence-corrected chi connectivity index (χ2v) is 9.03. The van der Waals surface area contributed by atoms with E-state index in [2.05, 4.69) is 0 Å². The van der Waals surface area contributed by atoms with Gasteiger partial charge in [-0.2, -0.15) is 0 Å². The lowest BCUT2D eigenvalue weighted by molar-refractivity contribution is -0.126. The van der Waals surface area contributed by atoms with Gasteiger partial charge < -0.3 is 11.5 Å². The van der Waals surface area contributed by atoms with Gasteiger partial charge in [-0.05, 0) is 0 Å². The van der Waals surface area contributed by atoms with Crippen molar-refractivity contribution in [3.8, 4) is 0 Å². The highest BCUT2D eigenvalue weighted by atomic mass is 32.2. The Bertz CT molecular complexity index is 461. The molecule has 0 spiro atoms. The Balaban J connectivity index is 2.45. The summed E-state index contributed by atoms with van der Waals surface area (Å²) >= 11 is 9.95. The third-order valence-electron chi connectivity index (χ3n) is 1.64. The third-order valence-corrected chi connectivity index (χ3v) is 7.93. The highest BCUT2D eigenvalue weighted by Crippen LogP contribution is 2.59. The molecule has 2 amide bonds. The number of thioether (sulfide) groups is 2. The fraction of sp³-hybridized carbons (Fsp3) is 0.167. The standard InChI is InChI=1S/C6H4N2O2S5/c7-3(9)6(4(8)10)14-1-2(15-6)13-5(11)12-1/h(H2,7,9)(H2,8,10). The molecule has 2 rings (SSSR count). The number of carbonyl (C=O) groups excluding carboxylic acids is 2. The van der Waals surface area contributed by atoms with Crippen molar-refractivity contribution in [3.05, 3.63) is 3.14 Å². The van der Waals surface area contributed by atoms with E-state index in [0.717, 1.165) is 35.1 Å². The Morgan fingerprint density at radius 2 is 1.47 bits per heavy atom. The summed E-state index contributed by atoms with van der Waals surface area (Å²) in [7, 11) is 0. The van der Waals surface area contributed by atoms with Gasteiger partial charge in [-0.3, -0.25) is 9.59 Å². The summed E-state index contributed by atoms with van der Waals surface area (Å²) in [6.45, 7) is 0. The monoisotopic (exact) mass is 296 g/mol. The van der Waals surface area contributed by atoms with Crippen molar-refractivity contribution < 1.29 is 9.59 Å². The molecule has 80 valence electrons. The molecule has 4 N–H and O–H groups in total. The number of hydrogen-bond acceptors (Lipinski definition) is 7. The molecule has 0 fully saturated rings. The van der Waals surface area contributed by atoms with Gasteiger partial charge in [-0.25, -0.2) is 0 Å². The van der Waals surface area contributed by atoms with E-state index in [0.29, 0.717) is 0 Å². The number of primary amides is 2. The Morgan fingerprint density at radius 1 is 1.07 bits per heavy atom. The molecule has 4 nitrogen and oxygen atoms in total. The van der Waals surface area contributed by atoms with Crippen molar-refractivity contribution in [1.82, 2.24) is 0 Å². The van der Waals surface area contributed by atoms with Gasteiger partial charge in [0.25, 0.3) is 11.8 Å². The molecule has 0 unspecified atom stereocenters. The molecule has 9 heteroatoms. The van der Waals surface area contributed by atoms with Crippen molar-refractivity contribution in [2.45, 2.75) is 12.5 Å². The summed E-state index contributed by atoms with van der Waals surface area (Å²) in [6.07, 6.45) is 0. The summed E-state index contributed by atoms with van der Waals surface area (Å²) in [4.78, 5) is 22.6. The molecule has 1 aromatic heterocycles. The van der Waals surface area contributed by atoms with Crippen molar-refractivity contribution in [3.63, 3.8) is 0 Å². The first-order valence-electron chi connectivity index (χ1n) is 3.57. The Labute approximate surface area is 106 Å². The number of nitrogens with two attached hydrogens (primary N) is 2. The van der Waals surface area contributed by atoms with Crippen LogP contribution in [0.5, 0.6) is 0 Å². The molecule has 0 saturated carbocycles. The minimum atomic E-state index is -1.39. The third kappa shape index (κ3) is 1.72. The zero-order chi connectivity index (χ0) is 11.2. The fourth-order valence-electron chi connectivity index (χ4n) is 0.985. The first-order valence-corrected chi connectivity index (χ1v) is 7.25. The zero-order valence-electron chi connectivity index (χ0n) is 7.01. The average Bonchev–Trinajstić information content (AvgIpc) is 2.57. The van der Waals surface area contributed by atoms with Crippen molar-refractivity contribution in [2.75, 3.05) is 0 Å². The van der Waals surface area contributed by atoms with Crippen LogP contribution in [0.15, 0.2) is 8.42 Å². The second kappa shape index (κ2) is 3.74. The molecular formula is C6H4N2O2S5. The van der Waals surface area contributed by atoms with E-state index in [1.807, 2.05) is 0 Å². The first-order chi connectivity index (χ1) is 6.95. The maximum absolute atomic E-state index is 11.3. The molecular weight excluding hydrogens is 292 g/mol. The van der Waals surface area contributed by atoms with E-state index in [1.54, 1.807) is 0 Å². The molecule has 0 aromatic carbocycles. The SMILES string of the molecule is NC(=O)C1(C(N)=O)Sc2sc(=S)sc2S1. The van der Waals surface area contributed by atoms with Crippen LogP contribution in [0.3, 0.4) is 0 Å². The van der Waals surface area contributed by atoms with Crippen LogP contribution in [0, 0.1) is 3.14 Å². The van der Waals surface area contributed by atoms with Crippen LogP contribution in [0.1, 0.15) is 0 Å². The largest absolute Gasteiger partial charge is 0.367 e. The van der Waals surface area contributed by atoms with E-state index in [1.165, 1.54) is 22.7 Å². The summed E-state index contributed by atoms with van der Waals surface area (Å²) in [5.41, 5.74) is 10.4. The molecule has 0 aliphatic carbocycles. The highest BCUT2D eigenvalue weighted by Gasteiger charge is 2.51. The second-order valence-electron chi connectivity index (χ2n) is 2.58. The van der Waals surface area contributed by atoms with Gasteiger partial charge in [0.2, 0.25) is 4.08 Å². The number of hydrogen-bond donors (Lipinski definition) is 2. The molecule has 1 aliphatic rings. The van der Waals surface area contributed by atoms with Crippen molar-refractivity contribution in [2.24, 2.45) is 11.5 Å². The first kappa shape index (κ1) is 11.4. The number of rotatable bonds is 2. The van der Waals surface area contributed by atoms with E-state index in [9.17, 15) is 9.59 Å². The fourth-order valence-corrected chi connectivity index (χ4v) is 7.91. The molecule has 0 atom stereocenters. The summed E-state index contributed by atoms with van der Waals surface area (Å²) in [5.74, 6) is -1.43. The van der Waals surface area contributed by atoms with Gasteiger partial charge in [0.1, 0.15) is 3.14 Å². The molecule has 1 aromatic rings. The number of carbonyl (C=O) groups is 2. The van der Waals surface area contributed by atoms with E-state index in [-0.39, 0.29) is 0 Å². The van der Waals surface area contributed by atoms with E-state index in [4.69, 9.17) is 23.7 Å². The lowest BCUT2D eigenvalue weighted by Crippen LogP contribution is -2.47. The molecule has 0 bridgehead atoms. The molecule has 2 heterocycles. The maximum atomic E-state index is 11.3. The van der Waals surface area contributed by atoms with Crippen LogP contribution in [0.25, 0.3) is 0 Å². The molecule has 0 radical (unpaired) electrons. The predicted octanol–water partition coefficient (Wildman–Crippen LogP) is 1.40. The van der Waals surface area contributed by atoms with Crippen LogP contribution in [-0.4, -0.2) is 15.9 Å². The van der Waals surface area contributed by atoms with Gasteiger partial charge >= 0.3 is 0 Å². The van der Waals surface area contributed by atoms with Gasteiger partial charge in [-0.15, -0.1) is 22.7 Å². The predicted molar refractivity (Wildman–Crippen MR) is 65.9 cm³/mol. The highest BCUT2D eigenvalue weighted by molar-refractivity contribution is 8.24. The summed E-state index contributed by atoms with van der Waals surface area (Å²) in [6, 6.07) is 0. The quantitative estimate of drug-likeness (QED) is 0.636. The van der Waals surface area contributed by atoms with Crippen LogP contribution in [0.4, 0.5) is 0 Å². The molecule has 1 aliphatic heterocycles. The maximum Gasteiger partial charge on any atom is 0.254 e. The zero-order valence-corrected chi connectivity index (χ0v) is 11.1. The number of fused-ring (bicyclic) bond motifs is 1. The van der Waals surface area contributed by atoms with Crippen LogP contribution in [-0.2, 0) is 9.59 Å². The van der Waals surface area contributed by atoms with Gasteiger partial charge in [0, 0.05) is 0 Å². The Kier molecular flexibility index (Phi) is 2.84. The van der Waals surface area contributed by atoms with E-state index < -0.39 is 15.9 Å². The van der Waals surface area contributed by atoms with Crippen LogP contribution >= 0.6 is 58.4 Å². The lowest BCUT2D eigenvalue weighted by Gasteiger charge is -2.17. The van der Waals surface area contributed by atoms with Gasteiger partial charge in [-0.1, -0.05) is 35.7 Å². The van der Waals surface area contributed by atoms with Crippen molar-refractivity contribution in [1.29, 1.82) is 0 Å². The minimum absolute atomic E-state index is 0.716. The average molecular weight is 296 g/mol. The normalized spacial score (nSPS) is 17.3. The van der Waals surface area contributed by atoms with Crippen LogP contribution < -0.4 is 11.5 Å². The molecule has 0 saturated heterocycles.